The van der Waals surface area contributed by atoms with Crippen LogP contribution in [0.5, 0.6) is 0 Å². The summed E-state index contributed by atoms with van der Waals surface area (Å²) in [4.78, 5) is 22.5. The van der Waals surface area contributed by atoms with Crippen molar-refractivity contribution in [2.75, 3.05) is 11.9 Å². The number of nitro benzene ring substituents is 1. The van der Waals surface area contributed by atoms with E-state index in [1.807, 2.05) is 6.92 Å². The van der Waals surface area contributed by atoms with E-state index in [0.717, 1.165) is 0 Å². The van der Waals surface area contributed by atoms with Gasteiger partial charge in [0.05, 0.1) is 23.2 Å². The third kappa shape index (κ3) is 3.56. The molecule has 0 saturated carbocycles. The topological polar surface area (TPSA) is 110 Å². The van der Waals surface area contributed by atoms with Gasteiger partial charge in [-0.1, -0.05) is 5.16 Å². The van der Waals surface area contributed by atoms with Crippen molar-refractivity contribution < 1.29 is 14.2 Å². The molecule has 1 amide bonds. The molecule has 8 heteroatoms. The summed E-state index contributed by atoms with van der Waals surface area (Å²) in [6.45, 7) is 2.63. The molecule has 0 bridgehead atoms. The van der Waals surface area contributed by atoms with Crippen molar-refractivity contribution in [2.45, 2.75) is 13.5 Å². The number of hydrogen-bond donors (Lipinski definition) is 2. The fourth-order valence-corrected chi connectivity index (χ4v) is 1.77. The highest BCUT2D eigenvalue weighted by Crippen LogP contribution is 2.22. The van der Waals surface area contributed by atoms with Crippen LogP contribution >= 0.6 is 0 Å². The predicted octanol–water partition coefficient (Wildman–Crippen LogP) is 1.94. The summed E-state index contributed by atoms with van der Waals surface area (Å²) >= 11 is 0. The van der Waals surface area contributed by atoms with Gasteiger partial charge in [-0.2, -0.15) is 0 Å². The van der Waals surface area contributed by atoms with Crippen molar-refractivity contribution in [3.05, 3.63) is 51.9 Å². The molecular weight excluding hydrogens is 276 g/mol. The molecule has 110 valence electrons. The number of nitrogens with zero attached hydrogens (tertiary/aromatic N) is 2. The van der Waals surface area contributed by atoms with Gasteiger partial charge in [-0.3, -0.25) is 14.9 Å². The van der Waals surface area contributed by atoms with Crippen LogP contribution in [-0.2, 0) is 6.54 Å². The number of aromatic nitrogens is 1. The van der Waals surface area contributed by atoms with Crippen molar-refractivity contribution >= 4 is 17.3 Å². The lowest BCUT2D eigenvalue weighted by Gasteiger charge is -2.10. The van der Waals surface area contributed by atoms with E-state index in [1.165, 1.54) is 24.4 Å². The van der Waals surface area contributed by atoms with Crippen LogP contribution in [0.15, 0.2) is 35.0 Å². The van der Waals surface area contributed by atoms with Gasteiger partial charge in [0, 0.05) is 30.4 Å². The van der Waals surface area contributed by atoms with Gasteiger partial charge in [-0.05, 0) is 13.0 Å². The molecule has 0 saturated heterocycles. The number of nitrogens with one attached hydrogen (secondary N) is 2. The van der Waals surface area contributed by atoms with Crippen LogP contribution in [0.1, 0.15) is 23.0 Å². The quantitative estimate of drug-likeness (QED) is 0.621. The van der Waals surface area contributed by atoms with Gasteiger partial charge >= 0.3 is 0 Å². The largest absolute Gasteiger partial charge is 0.385 e. The summed E-state index contributed by atoms with van der Waals surface area (Å²) < 4.78 is 4.87. The second-order valence-corrected chi connectivity index (χ2v) is 4.18. The molecule has 0 unspecified atom stereocenters. The van der Waals surface area contributed by atoms with E-state index in [1.54, 1.807) is 6.07 Å². The van der Waals surface area contributed by atoms with Crippen LogP contribution in [0.4, 0.5) is 11.4 Å². The minimum atomic E-state index is -0.539. The maximum absolute atomic E-state index is 12.2. The zero-order valence-electron chi connectivity index (χ0n) is 11.3. The van der Waals surface area contributed by atoms with E-state index in [4.69, 9.17) is 4.52 Å². The van der Waals surface area contributed by atoms with Crippen LogP contribution < -0.4 is 10.6 Å². The van der Waals surface area contributed by atoms with Gasteiger partial charge in [0.15, 0.2) is 5.76 Å². The number of nitro groups is 1. The summed E-state index contributed by atoms with van der Waals surface area (Å²) in [6, 6.07) is 5.74. The SMILES string of the molecule is CCNc1ccc([N+](=O)[O-])cc1C(=O)NCc1ccno1. The normalized spacial score (nSPS) is 10.1. The predicted molar refractivity (Wildman–Crippen MR) is 74.9 cm³/mol. The average Bonchev–Trinajstić information content (AvgIpc) is 2.98. The second kappa shape index (κ2) is 6.51. The van der Waals surface area contributed by atoms with Crippen LogP contribution in [0.3, 0.4) is 0 Å². The molecule has 21 heavy (non-hydrogen) atoms. The van der Waals surface area contributed by atoms with Crippen molar-refractivity contribution in [1.82, 2.24) is 10.5 Å². The maximum atomic E-state index is 12.2. The summed E-state index contributed by atoms with van der Waals surface area (Å²) in [7, 11) is 0. The van der Waals surface area contributed by atoms with Crippen LogP contribution in [0.2, 0.25) is 0 Å². The number of carbonyl (C=O) groups excluding carboxylic acids is 1. The second-order valence-electron chi connectivity index (χ2n) is 4.18. The lowest BCUT2D eigenvalue weighted by molar-refractivity contribution is -0.384. The Balaban J connectivity index is 2.20. The molecular formula is C13H14N4O4. The third-order valence-corrected chi connectivity index (χ3v) is 2.74. The molecule has 2 rings (SSSR count). The Bertz CT molecular complexity index is 640. The number of amides is 1. The Kier molecular flexibility index (Phi) is 4.50. The minimum Gasteiger partial charge on any atom is -0.385 e. The smallest absolute Gasteiger partial charge is 0.270 e. The van der Waals surface area contributed by atoms with Gasteiger partial charge in [0.1, 0.15) is 0 Å². The number of hydrogen-bond acceptors (Lipinski definition) is 6. The highest BCUT2D eigenvalue weighted by molar-refractivity contribution is 6.00. The van der Waals surface area contributed by atoms with Crippen LogP contribution in [0, 0.1) is 10.1 Å². The zero-order chi connectivity index (χ0) is 15.2. The Morgan fingerprint density at radius 2 is 2.24 bits per heavy atom. The molecule has 2 N–H and O–H groups in total. The van der Waals surface area contributed by atoms with Crippen molar-refractivity contribution in [3.63, 3.8) is 0 Å². The first-order valence-electron chi connectivity index (χ1n) is 6.32. The molecule has 0 spiro atoms. The Morgan fingerprint density at radius 3 is 2.86 bits per heavy atom. The van der Waals surface area contributed by atoms with E-state index < -0.39 is 10.8 Å². The molecule has 0 aliphatic carbocycles. The van der Waals surface area contributed by atoms with E-state index in [9.17, 15) is 14.9 Å². The summed E-state index contributed by atoms with van der Waals surface area (Å²) in [5.74, 6) is 0.0739. The molecule has 0 atom stereocenters. The number of benzene rings is 1. The lowest BCUT2D eigenvalue weighted by Crippen LogP contribution is -2.24. The number of carbonyl (C=O) groups is 1. The van der Waals surface area contributed by atoms with Gasteiger partial charge in [-0.15, -0.1) is 0 Å². The first-order chi connectivity index (χ1) is 10.1. The minimum absolute atomic E-state index is 0.138. The summed E-state index contributed by atoms with van der Waals surface area (Å²) in [5, 5.41) is 20.0. The third-order valence-electron chi connectivity index (χ3n) is 2.74. The highest BCUT2D eigenvalue weighted by Gasteiger charge is 2.16. The maximum Gasteiger partial charge on any atom is 0.270 e. The number of rotatable bonds is 6. The number of anilines is 1. The van der Waals surface area contributed by atoms with E-state index in [0.29, 0.717) is 18.0 Å². The lowest BCUT2D eigenvalue weighted by atomic mass is 10.1. The molecule has 1 heterocycles. The average molecular weight is 290 g/mol. The van der Waals surface area contributed by atoms with Crippen LogP contribution in [0.25, 0.3) is 0 Å². The van der Waals surface area contributed by atoms with Gasteiger partial charge in [0.2, 0.25) is 0 Å². The zero-order valence-corrected chi connectivity index (χ0v) is 11.3. The van der Waals surface area contributed by atoms with Gasteiger partial charge < -0.3 is 15.2 Å². The first-order valence-corrected chi connectivity index (χ1v) is 6.32. The van der Waals surface area contributed by atoms with Crippen molar-refractivity contribution in [1.29, 1.82) is 0 Å². The van der Waals surface area contributed by atoms with Crippen molar-refractivity contribution in [2.24, 2.45) is 0 Å². The molecule has 8 nitrogen and oxygen atoms in total. The molecule has 1 aromatic carbocycles. The fourth-order valence-electron chi connectivity index (χ4n) is 1.77. The molecule has 2 aromatic rings. The van der Waals surface area contributed by atoms with E-state index in [2.05, 4.69) is 15.8 Å². The first kappa shape index (κ1) is 14.5. The molecule has 0 fully saturated rings. The Morgan fingerprint density at radius 1 is 1.43 bits per heavy atom. The Labute approximate surface area is 120 Å². The number of non-ortho nitro benzene ring substituents is 1. The van der Waals surface area contributed by atoms with Gasteiger partial charge in [-0.25, -0.2) is 0 Å². The molecule has 1 aromatic heterocycles. The van der Waals surface area contributed by atoms with E-state index in [-0.39, 0.29) is 17.8 Å². The molecule has 0 aliphatic rings. The van der Waals surface area contributed by atoms with Gasteiger partial charge in [0.25, 0.3) is 11.6 Å². The monoisotopic (exact) mass is 290 g/mol. The van der Waals surface area contributed by atoms with Crippen LogP contribution in [-0.4, -0.2) is 22.5 Å². The highest BCUT2D eigenvalue weighted by atomic mass is 16.6. The molecule has 0 aliphatic heterocycles. The summed E-state index contributed by atoms with van der Waals surface area (Å²) in [5.41, 5.74) is 0.616. The summed E-state index contributed by atoms with van der Waals surface area (Å²) in [6.07, 6.45) is 1.47. The standard InChI is InChI=1S/C13H14N4O4/c1-2-14-12-4-3-9(17(19)20)7-11(12)13(18)15-8-10-5-6-16-21-10/h3-7,14H,2,8H2,1H3,(H,15,18). The Hall–Kier alpha value is -2.90. The van der Waals surface area contributed by atoms with Crippen molar-refractivity contribution in [3.8, 4) is 0 Å². The van der Waals surface area contributed by atoms with E-state index >= 15 is 0 Å². The fraction of sp³-hybridized carbons (Fsp3) is 0.231. The molecule has 0 radical (unpaired) electrons.